The van der Waals surface area contributed by atoms with E-state index >= 15 is 0 Å². The molecule has 0 fully saturated rings. The van der Waals surface area contributed by atoms with Gasteiger partial charge in [-0.1, -0.05) is 28.1 Å². The second kappa shape index (κ2) is 6.46. The van der Waals surface area contributed by atoms with Crippen molar-refractivity contribution in [3.05, 3.63) is 63.4 Å². The fraction of sp³-hybridized carbons (Fsp3) is 0.143. The van der Waals surface area contributed by atoms with Crippen LogP contribution in [0.2, 0.25) is 0 Å². The normalized spacial score (nSPS) is 12.3. The van der Waals surface area contributed by atoms with Gasteiger partial charge in [-0.2, -0.15) is 0 Å². The number of methoxy groups -OCH3 is 1. The molecule has 7 heteroatoms. The SMILES string of the molecule is COc1cccc(C(NN)c2c(F)cc(Br)cc2F)c1F. The predicted octanol–water partition coefficient (Wildman–Crippen LogP) is 3.43. The topological polar surface area (TPSA) is 47.3 Å². The Bertz CT molecular complexity index is 644. The van der Waals surface area contributed by atoms with Crippen molar-refractivity contribution in [2.45, 2.75) is 6.04 Å². The highest BCUT2D eigenvalue weighted by molar-refractivity contribution is 9.10. The Morgan fingerprint density at radius 1 is 1.19 bits per heavy atom. The first kappa shape index (κ1) is 15.8. The maximum absolute atomic E-state index is 14.3. The monoisotopic (exact) mass is 360 g/mol. The van der Waals surface area contributed by atoms with Gasteiger partial charge in [-0.3, -0.25) is 5.84 Å². The lowest BCUT2D eigenvalue weighted by atomic mass is 9.97. The standard InChI is InChI=1S/C14H12BrF3N2O/c1-21-11-4-2-3-8(13(11)18)14(20-19)12-9(16)5-7(15)6-10(12)17/h2-6,14,20H,19H2,1H3. The van der Waals surface area contributed by atoms with Crippen LogP contribution in [0.4, 0.5) is 13.2 Å². The molecule has 0 aromatic heterocycles. The Morgan fingerprint density at radius 2 is 1.81 bits per heavy atom. The van der Waals surface area contributed by atoms with Gasteiger partial charge in [0.2, 0.25) is 0 Å². The summed E-state index contributed by atoms with van der Waals surface area (Å²) in [5.41, 5.74) is 1.85. The van der Waals surface area contributed by atoms with Crippen molar-refractivity contribution < 1.29 is 17.9 Å². The lowest BCUT2D eigenvalue weighted by Crippen LogP contribution is -2.31. The van der Waals surface area contributed by atoms with Gasteiger partial charge in [0.1, 0.15) is 11.6 Å². The van der Waals surface area contributed by atoms with E-state index in [2.05, 4.69) is 21.4 Å². The molecule has 0 aliphatic heterocycles. The molecule has 0 bridgehead atoms. The van der Waals surface area contributed by atoms with Crippen molar-refractivity contribution in [2.24, 2.45) is 5.84 Å². The van der Waals surface area contributed by atoms with Gasteiger partial charge in [0, 0.05) is 15.6 Å². The summed E-state index contributed by atoms with van der Waals surface area (Å²) in [5.74, 6) is 2.92. The van der Waals surface area contributed by atoms with Gasteiger partial charge >= 0.3 is 0 Å². The van der Waals surface area contributed by atoms with Gasteiger partial charge in [-0.25, -0.2) is 18.6 Å². The van der Waals surface area contributed by atoms with Crippen molar-refractivity contribution in [2.75, 3.05) is 7.11 Å². The van der Waals surface area contributed by atoms with Crippen molar-refractivity contribution in [3.63, 3.8) is 0 Å². The van der Waals surface area contributed by atoms with Crippen molar-refractivity contribution in [1.29, 1.82) is 0 Å². The molecule has 2 aromatic rings. The van der Waals surface area contributed by atoms with E-state index in [9.17, 15) is 13.2 Å². The largest absolute Gasteiger partial charge is 0.494 e. The third-order valence-electron chi connectivity index (χ3n) is 3.02. The molecule has 3 N–H and O–H groups in total. The summed E-state index contributed by atoms with van der Waals surface area (Å²) in [4.78, 5) is 0. The first-order chi connectivity index (χ1) is 9.99. The average Bonchev–Trinajstić information content (AvgIpc) is 2.43. The van der Waals surface area contributed by atoms with Crippen LogP contribution in [0, 0.1) is 17.5 Å². The molecule has 0 radical (unpaired) electrons. The van der Waals surface area contributed by atoms with Crippen LogP contribution < -0.4 is 16.0 Å². The third-order valence-corrected chi connectivity index (χ3v) is 3.48. The Morgan fingerprint density at radius 3 is 2.33 bits per heavy atom. The van der Waals surface area contributed by atoms with E-state index in [1.165, 1.54) is 25.3 Å². The van der Waals surface area contributed by atoms with Crippen molar-refractivity contribution >= 4 is 15.9 Å². The molecule has 0 saturated heterocycles. The molecular weight excluding hydrogens is 349 g/mol. The molecular formula is C14H12BrF3N2O. The van der Waals surface area contributed by atoms with E-state index in [-0.39, 0.29) is 21.3 Å². The van der Waals surface area contributed by atoms with E-state index in [0.29, 0.717) is 0 Å². The van der Waals surface area contributed by atoms with Gasteiger partial charge in [0.15, 0.2) is 11.6 Å². The summed E-state index contributed by atoms with van der Waals surface area (Å²) in [6.07, 6.45) is 0. The molecule has 0 aliphatic rings. The number of nitrogens with two attached hydrogens (primary N) is 1. The van der Waals surface area contributed by atoms with Gasteiger partial charge in [-0.15, -0.1) is 0 Å². The minimum Gasteiger partial charge on any atom is -0.494 e. The molecule has 0 saturated carbocycles. The molecule has 0 spiro atoms. The van der Waals surface area contributed by atoms with Crippen molar-refractivity contribution in [1.82, 2.24) is 5.43 Å². The first-order valence-corrected chi connectivity index (χ1v) is 6.71. The summed E-state index contributed by atoms with van der Waals surface area (Å²) in [6.45, 7) is 0. The summed E-state index contributed by atoms with van der Waals surface area (Å²) in [6, 6.07) is 5.27. The second-order valence-electron chi connectivity index (χ2n) is 4.25. The first-order valence-electron chi connectivity index (χ1n) is 5.92. The molecule has 2 rings (SSSR count). The highest BCUT2D eigenvalue weighted by atomic mass is 79.9. The predicted molar refractivity (Wildman–Crippen MR) is 76.2 cm³/mol. The highest BCUT2D eigenvalue weighted by Gasteiger charge is 2.25. The Labute approximate surface area is 128 Å². The van der Waals surface area contributed by atoms with Crippen LogP contribution in [0.1, 0.15) is 17.2 Å². The third kappa shape index (κ3) is 3.04. The molecule has 1 atom stereocenters. The zero-order valence-electron chi connectivity index (χ0n) is 11.0. The smallest absolute Gasteiger partial charge is 0.170 e. The molecule has 2 aromatic carbocycles. The summed E-state index contributed by atoms with van der Waals surface area (Å²) in [7, 11) is 1.30. The number of hydrogen-bond acceptors (Lipinski definition) is 3. The van der Waals surface area contributed by atoms with Crippen LogP contribution in [0.5, 0.6) is 5.75 Å². The molecule has 3 nitrogen and oxygen atoms in total. The van der Waals surface area contributed by atoms with E-state index < -0.39 is 23.5 Å². The Balaban J connectivity index is 2.61. The van der Waals surface area contributed by atoms with Gasteiger partial charge in [-0.05, 0) is 18.2 Å². The quantitative estimate of drug-likeness (QED) is 0.648. The fourth-order valence-corrected chi connectivity index (χ4v) is 2.47. The van der Waals surface area contributed by atoms with E-state index in [4.69, 9.17) is 10.6 Å². The molecule has 0 heterocycles. The Hall–Kier alpha value is -1.57. The lowest BCUT2D eigenvalue weighted by molar-refractivity contribution is 0.380. The average molecular weight is 361 g/mol. The number of ether oxygens (including phenoxy) is 1. The van der Waals surface area contributed by atoms with E-state index in [1.54, 1.807) is 0 Å². The van der Waals surface area contributed by atoms with Crippen LogP contribution in [0.25, 0.3) is 0 Å². The lowest BCUT2D eigenvalue weighted by Gasteiger charge is -2.20. The maximum atomic E-state index is 14.3. The molecule has 0 aliphatic carbocycles. The zero-order chi connectivity index (χ0) is 15.6. The van der Waals surface area contributed by atoms with Gasteiger partial charge in [0.25, 0.3) is 0 Å². The minimum atomic E-state index is -1.19. The van der Waals surface area contributed by atoms with Crippen molar-refractivity contribution in [3.8, 4) is 5.75 Å². The summed E-state index contributed by atoms with van der Waals surface area (Å²) < 4.78 is 47.4. The molecule has 1 unspecified atom stereocenters. The number of rotatable bonds is 4. The van der Waals surface area contributed by atoms with Crippen LogP contribution >= 0.6 is 15.9 Å². The number of benzene rings is 2. The van der Waals surface area contributed by atoms with Crippen LogP contribution in [-0.2, 0) is 0 Å². The number of halogens is 4. The number of hydrogen-bond donors (Lipinski definition) is 2. The zero-order valence-corrected chi connectivity index (χ0v) is 12.5. The van der Waals surface area contributed by atoms with E-state index in [1.807, 2.05) is 0 Å². The van der Waals surface area contributed by atoms with Crippen LogP contribution in [0.3, 0.4) is 0 Å². The fourth-order valence-electron chi connectivity index (χ4n) is 2.07. The van der Waals surface area contributed by atoms with Crippen LogP contribution in [-0.4, -0.2) is 7.11 Å². The molecule has 21 heavy (non-hydrogen) atoms. The molecule has 0 amide bonds. The maximum Gasteiger partial charge on any atom is 0.170 e. The Kier molecular flexibility index (Phi) is 4.87. The number of hydrazine groups is 1. The summed E-state index contributed by atoms with van der Waals surface area (Å²) in [5, 5.41) is 0. The minimum absolute atomic E-state index is 0.0167. The second-order valence-corrected chi connectivity index (χ2v) is 5.16. The van der Waals surface area contributed by atoms with E-state index in [0.717, 1.165) is 12.1 Å². The van der Waals surface area contributed by atoms with Crippen LogP contribution in [0.15, 0.2) is 34.8 Å². The number of nitrogens with one attached hydrogen (secondary N) is 1. The van der Waals surface area contributed by atoms with Gasteiger partial charge in [0.05, 0.1) is 13.2 Å². The molecule has 112 valence electrons. The highest BCUT2D eigenvalue weighted by Crippen LogP contribution is 2.32. The van der Waals surface area contributed by atoms with Gasteiger partial charge < -0.3 is 4.74 Å². The summed E-state index contributed by atoms with van der Waals surface area (Å²) >= 11 is 2.99.